The van der Waals surface area contributed by atoms with E-state index in [0.717, 1.165) is 11.3 Å². The SMILES string of the molecule is CCOC(=O)c1nnn(Cc2ccccc2OCC)c1C. The molecule has 0 saturated heterocycles. The molecule has 21 heavy (non-hydrogen) atoms. The Balaban J connectivity index is 2.23. The van der Waals surface area contributed by atoms with Crippen molar-refractivity contribution in [3.8, 4) is 5.75 Å². The number of para-hydroxylation sites is 1. The lowest BCUT2D eigenvalue weighted by Gasteiger charge is -2.10. The van der Waals surface area contributed by atoms with Crippen LogP contribution in [0.1, 0.15) is 35.6 Å². The van der Waals surface area contributed by atoms with Crippen molar-refractivity contribution < 1.29 is 14.3 Å². The van der Waals surface area contributed by atoms with E-state index in [1.807, 2.05) is 31.2 Å². The maximum absolute atomic E-state index is 11.7. The normalized spacial score (nSPS) is 10.4. The minimum absolute atomic E-state index is 0.255. The van der Waals surface area contributed by atoms with E-state index in [1.165, 1.54) is 0 Å². The first kappa shape index (κ1) is 15.0. The van der Waals surface area contributed by atoms with Gasteiger partial charge in [0, 0.05) is 5.56 Å². The molecule has 0 saturated carbocycles. The molecule has 0 fully saturated rings. The monoisotopic (exact) mass is 289 g/mol. The minimum Gasteiger partial charge on any atom is -0.494 e. The largest absolute Gasteiger partial charge is 0.494 e. The van der Waals surface area contributed by atoms with Gasteiger partial charge in [-0.15, -0.1) is 5.10 Å². The van der Waals surface area contributed by atoms with Crippen LogP contribution in [-0.4, -0.2) is 34.2 Å². The predicted molar refractivity (Wildman–Crippen MR) is 77.4 cm³/mol. The number of benzene rings is 1. The van der Waals surface area contributed by atoms with E-state index < -0.39 is 5.97 Å². The predicted octanol–water partition coefficient (Wildman–Crippen LogP) is 2.21. The molecule has 0 N–H and O–H groups in total. The van der Waals surface area contributed by atoms with Gasteiger partial charge in [0.05, 0.1) is 25.5 Å². The number of hydrogen-bond donors (Lipinski definition) is 0. The van der Waals surface area contributed by atoms with Crippen LogP contribution in [0.4, 0.5) is 0 Å². The van der Waals surface area contributed by atoms with Crippen LogP contribution in [0.15, 0.2) is 24.3 Å². The van der Waals surface area contributed by atoms with Crippen molar-refractivity contribution in [1.82, 2.24) is 15.0 Å². The van der Waals surface area contributed by atoms with Gasteiger partial charge in [0.15, 0.2) is 5.69 Å². The summed E-state index contributed by atoms with van der Waals surface area (Å²) < 4.78 is 12.2. The van der Waals surface area contributed by atoms with Gasteiger partial charge >= 0.3 is 5.97 Å². The van der Waals surface area contributed by atoms with E-state index in [-0.39, 0.29) is 5.69 Å². The first-order valence-electron chi connectivity index (χ1n) is 6.95. The molecule has 0 unspecified atom stereocenters. The molecule has 2 aromatic rings. The van der Waals surface area contributed by atoms with Crippen molar-refractivity contribution in [3.63, 3.8) is 0 Å². The Morgan fingerprint density at radius 2 is 2.00 bits per heavy atom. The maximum atomic E-state index is 11.7. The zero-order valence-electron chi connectivity index (χ0n) is 12.5. The number of hydrogen-bond acceptors (Lipinski definition) is 5. The highest BCUT2D eigenvalue weighted by Crippen LogP contribution is 2.19. The maximum Gasteiger partial charge on any atom is 0.360 e. The Hall–Kier alpha value is -2.37. The lowest BCUT2D eigenvalue weighted by Crippen LogP contribution is -2.09. The summed E-state index contributed by atoms with van der Waals surface area (Å²) in [5.74, 6) is 0.368. The van der Waals surface area contributed by atoms with Crippen LogP contribution in [0.25, 0.3) is 0 Å². The topological polar surface area (TPSA) is 66.2 Å². The Bertz CT molecular complexity index is 622. The van der Waals surface area contributed by atoms with E-state index >= 15 is 0 Å². The number of carbonyl (C=O) groups is 1. The Kier molecular flexibility index (Phi) is 4.92. The fourth-order valence-electron chi connectivity index (χ4n) is 1.99. The van der Waals surface area contributed by atoms with Crippen molar-refractivity contribution in [1.29, 1.82) is 0 Å². The third-order valence-electron chi connectivity index (χ3n) is 3.04. The van der Waals surface area contributed by atoms with Gasteiger partial charge in [-0.3, -0.25) is 0 Å². The highest BCUT2D eigenvalue weighted by molar-refractivity contribution is 5.88. The first-order valence-corrected chi connectivity index (χ1v) is 6.95. The molecule has 0 bridgehead atoms. The summed E-state index contributed by atoms with van der Waals surface area (Å²) in [5.41, 5.74) is 1.92. The van der Waals surface area contributed by atoms with Crippen LogP contribution in [-0.2, 0) is 11.3 Å². The number of esters is 1. The number of nitrogens with zero attached hydrogens (tertiary/aromatic N) is 3. The third kappa shape index (κ3) is 3.39. The van der Waals surface area contributed by atoms with Crippen LogP contribution in [0.3, 0.4) is 0 Å². The molecule has 6 nitrogen and oxygen atoms in total. The van der Waals surface area contributed by atoms with Crippen molar-refractivity contribution >= 4 is 5.97 Å². The summed E-state index contributed by atoms with van der Waals surface area (Å²) in [6.45, 7) is 6.91. The summed E-state index contributed by atoms with van der Waals surface area (Å²) in [5, 5.41) is 7.93. The molecule has 0 spiro atoms. The van der Waals surface area contributed by atoms with Gasteiger partial charge in [-0.2, -0.15) is 0 Å². The van der Waals surface area contributed by atoms with Gasteiger partial charge < -0.3 is 9.47 Å². The molecule has 1 aromatic heterocycles. The van der Waals surface area contributed by atoms with Gasteiger partial charge in [-0.25, -0.2) is 9.48 Å². The highest BCUT2D eigenvalue weighted by atomic mass is 16.5. The Labute approximate surface area is 123 Å². The fourth-order valence-corrected chi connectivity index (χ4v) is 1.99. The summed E-state index contributed by atoms with van der Waals surface area (Å²) >= 11 is 0. The van der Waals surface area contributed by atoms with E-state index in [0.29, 0.717) is 25.5 Å². The quantitative estimate of drug-likeness (QED) is 0.763. The minimum atomic E-state index is -0.445. The van der Waals surface area contributed by atoms with Crippen molar-refractivity contribution in [3.05, 3.63) is 41.2 Å². The molecule has 0 aliphatic heterocycles. The molecule has 0 aliphatic carbocycles. The molecule has 6 heteroatoms. The van der Waals surface area contributed by atoms with Crippen LogP contribution in [0.2, 0.25) is 0 Å². The zero-order valence-corrected chi connectivity index (χ0v) is 12.5. The fraction of sp³-hybridized carbons (Fsp3) is 0.400. The number of rotatable bonds is 6. The third-order valence-corrected chi connectivity index (χ3v) is 3.04. The van der Waals surface area contributed by atoms with Gasteiger partial charge in [0.25, 0.3) is 0 Å². The van der Waals surface area contributed by atoms with Gasteiger partial charge in [-0.05, 0) is 26.8 Å². The summed E-state index contributed by atoms with van der Waals surface area (Å²) in [6, 6.07) is 7.75. The van der Waals surface area contributed by atoms with E-state index in [2.05, 4.69) is 10.3 Å². The molecule has 2 rings (SSSR count). The lowest BCUT2D eigenvalue weighted by molar-refractivity contribution is 0.0518. The van der Waals surface area contributed by atoms with Crippen molar-refractivity contribution in [2.45, 2.75) is 27.3 Å². The molecule has 0 atom stereocenters. The average molecular weight is 289 g/mol. The van der Waals surface area contributed by atoms with Crippen LogP contribution < -0.4 is 4.74 Å². The summed E-state index contributed by atoms with van der Waals surface area (Å²) in [6.07, 6.45) is 0. The van der Waals surface area contributed by atoms with Gasteiger partial charge in [-0.1, -0.05) is 23.4 Å². The van der Waals surface area contributed by atoms with Crippen molar-refractivity contribution in [2.75, 3.05) is 13.2 Å². The van der Waals surface area contributed by atoms with Crippen LogP contribution >= 0.6 is 0 Å². The lowest BCUT2D eigenvalue weighted by atomic mass is 10.2. The number of aromatic nitrogens is 3. The van der Waals surface area contributed by atoms with Crippen molar-refractivity contribution in [2.24, 2.45) is 0 Å². The average Bonchev–Trinajstić information content (AvgIpc) is 2.83. The van der Waals surface area contributed by atoms with Crippen LogP contribution in [0.5, 0.6) is 5.75 Å². The molecule has 0 aliphatic rings. The second kappa shape index (κ2) is 6.88. The second-order valence-corrected chi connectivity index (χ2v) is 4.44. The summed E-state index contributed by atoms with van der Waals surface area (Å²) in [7, 11) is 0. The van der Waals surface area contributed by atoms with Gasteiger partial charge in [0.1, 0.15) is 5.75 Å². The molecular formula is C15H19N3O3. The van der Waals surface area contributed by atoms with E-state index in [9.17, 15) is 4.79 Å². The standard InChI is InChI=1S/C15H19N3O3/c1-4-20-13-9-7-6-8-12(13)10-18-11(3)14(16-17-18)15(19)21-5-2/h6-9H,4-5,10H2,1-3H3. The first-order chi connectivity index (χ1) is 10.2. The zero-order chi connectivity index (χ0) is 15.2. The number of carbonyl (C=O) groups excluding carboxylic acids is 1. The van der Waals surface area contributed by atoms with Crippen LogP contribution in [0, 0.1) is 6.92 Å². The molecule has 1 heterocycles. The molecule has 1 aromatic carbocycles. The second-order valence-electron chi connectivity index (χ2n) is 4.44. The molecule has 0 amide bonds. The van der Waals surface area contributed by atoms with E-state index in [4.69, 9.17) is 9.47 Å². The Morgan fingerprint density at radius 1 is 1.24 bits per heavy atom. The van der Waals surface area contributed by atoms with E-state index in [1.54, 1.807) is 18.5 Å². The van der Waals surface area contributed by atoms with Gasteiger partial charge in [0.2, 0.25) is 0 Å². The summed E-state index contributed by atoms with van der Waals surface area (Å²) in [4.78, 5) is 11.7. The molecule has 0 radical (unpaired) electrons. The molecular weight excluding hydrogens is 270 g/mol. The number of ether oxygens (including phenoxy) is 2. The Morgan fingerprint density at radius 3 is 2.71 bits per heavy atom. The smallest absolute Gasteiger partial charge is 0.360 e. The molecule has 112 valence electrons. The highest BCUT2D eigenvalue weighted by Gasteiger charge is 2.18.